The molecule has 0 amide bonds. The summed E-state index contributed by atoms with van der Waals surface area (Å²) in [6, 6.07) is 19.6. The molecule has 0 heterocycles. The molecule has 0 bridgehead atoms. The molecule has 0 aromatic heterocycles. The van der Waals surface area contributed by atoms with Crippen molar-refractivity contribution in [2.45, 2.75) is 45.4 Å². The van der Waals surface area contributed by atoms with E-state index in [1.165, 1.54) is 23.2 Å². The maximum atomic E-state index is 3.53. The number of hydrogen-bond acceptors (Lipinski definition) is 1. The second kappa shape index (κ2) is 7.87. The van der Waals surface area contributed by atoms with E-state index in [9.17, 15) is 0 Å². The minimum absolute atomic E-state index is 0.595. The maximum absolute atomic E-state index is 3.53. The largest absolute Gasteiger partial charge is 0.385 e. The molecule has 2 aromatic carbocycles. The van der Waals surface area contributed by atoms with Crippen LogP contribution < -0.4 is 5.32 Å². The normalized spacial score (nSPS) is 13.7. The summed E-state index contributed by atoms with van der Waals surface area (Å²) in [5, 5.41) is 3.53. The van der Waals surface area contributed by atoms with Gasteiger partial charge in [-0.15, -0.1) is 0 Å². The highest BCUT2D eigenvalue weighted by molar-refractivity contribution is 5.45. The molecular weight excluding hydrogens is 254 g/mol. The van der Waals surface area contributed by atoms with Gasteiger partial charge in [0.05, 0.1) is 0 Å². The zero-order chi connectivity index (χ0) is 15.1. The Morgan fingerprint density at radius 3 is 2.05 bits per heavy atom. The lowest BCUT2D eigenvalue weighted by Crippen LogP contribution is -2.06. The molecule has 0 aliphatic heterocycles. The van der Waals surface area contributed by atoms with Crippen LogP contribution in [0.5, 0.6) is 0 Å². The Hall–Kier alpha value is -1.76. The van der Waals surface area contributed by atoms with Crippen molar-refractivity contribution >= 4 is 5.69 Å². The van der Waals surface area contributed by atoms with Gasteiger partial charge in [0.1, 0.15) is 0 Å². The molecule has 1 heteroatoms. The predicted octanol–water partition coefficient (Wildman–Crippen LogP) is 5.81. The summed E-state index contributed by atoms with van der Waals surface area (Å²) in [6.07, 6.45) is 2.35. The fourth-order valence-corrected chi connectivity index (χ4v) is 2.55. The van der Waals surface area contributed by atoms with Crippen molar-refractivity contribution < 1.29 is 0 Å². The third-order valence-electron chi connectivity index (χ3n) is 4.37. The Balaban J connectivity index is 1.81. The molecule has 0 spiro atoms. The molecule has 2 rings (SSSR count). The average Bonchev–Trinajstić information content (AvgIpc) is 2.55. The van der Waals surface area contributed by atoms with Crippen LogP contribution in [0.2, 0.25) is 0 Å². The van der Waals surface area contributed by atoms with E-state index in [-0.39, 0.29) is 0 Å². The SMILES string of the molecule is CCC(C)c1ccc(NCCC(C)c2ccccc2)cc1. The van der Waals surface area contributed by atoms with Crippen molar-refractivity contribution in [3.05, 3.63) is 65.7 Å². The standard InChI is InChI=1S/C20H27N/c1-4-16(2)19-10-12-20(13-11-19)21-15-14-17(3)18-8-6-5-7-9-18/h5-13,16-17,21H,4,14-15H2,1-3H3. The van der Waals surface area contributed by atoms with Crippen molar-refractivity contribution in [3.63, 3.8) is 0 Å². The number of nitrogens with one attached hydrogen (secondary N) is 1. The summed E-state index contributed by atoms with van der Waals surface area (Å²) >= 11 is 0. The maximum Gasteiger partial charge on any atom is 0.0340 e. The van der Waals surface area contributed by atoms with E-state index in [4.69, 9.17) is 0 Å². The zero-order valence-corrected chi connectivity index (χ0v) is 13.5. The van der Waals surface area contributed by atoms with E-state index in [0.29, 0.717) is 11.8 Å². The molecule has 1 nitrogen and oxygen atoms in total. The van der Waals surface area contributed by atoms with Crippen LogP contribution in [0.15, 0.2) is 54.6 Å². The van der Waals surface area contributed by atoms with Crippen LogP contribution in [0.1, 0.15) is 56.6 Å². The average molecular weight is 281 g/mol. The third-order valence-corrected chi connectivity index (χ3v) is 4.37. The van der Waals surface area contributed by atoms with Gasteiger partial charge in [0.2, 0.25) is 0 Å². The molecule has 21 heavy (non-hydrogen) atoms. The predicted molar refractivity (Wildman–Crippen MR) is 93.1 cm³/mol. The quantitative estimate of drug-likeness (QED) is 0.675. The van der Waals surface area contributed by atoms with E-state index in [2.05, 4.69) is 80.7 Å². The van der Waals surface area contributed by atoms with E-state index < -0.39 is 0 Å². The molecule has 2 aromatic rings. The molecule has 112 valence electrons. The Labute approximate surface area is 129 Å². The Bertz CT molecular complexity index is 515. The number of hydrogen-bond donors (Lipinski definition) is 1. The molecule has 0 fully saturated rings. The van der Waals surface area contributed by atoms with E-state index in [1.807, 2.05) is 0 Å². The van der Waals surface area contributed by atoms with Crippen LogP contribution in [0.25, 0.3) is 0 Å². The molecule has 0 aliphatic carbocycles. The fraction of sp³-hybridized carbons (Fsp3) is 0.400. The van der Waals surface area contributed by atoms with Gasteiger partial charge in [-0.05, 0) is 47.9 Å². The van der Waals surface area contributed by atoms with Gasteiger partial charge >= 0.3 is 0 Å². The van der Waals surface area contributed by atoms with Crippen molar-refractivity contribution in [3.8, 4) is 0 Å². The minimum atomic E-state index is 0.595. The first kappa shape index (κ1) is 15.6. The summed E-state index contributed by atoms with van der Waals surface area (Å²) in [6.45, 7) is 7.83. The highest BCUT2D eigenvalue weighted by atomic mass is 14.9. The van der Waals surface area contributed by atoms with Crippen molar-refractivity contribution in [1.29, 1.82) is 0 Å². The molecule has 1 N–H and O–H groups in total. The number of rotatable bonds is 7. The third kappa shape index (κ3) is 4.63. The van der Waals surface area contributed by atoms with Crippen LogP contribution in [0, 0.1) is 0 Å². The second-order valence-corrected chi connectivity index (χ2v) is 5.96. The lowest BCUT2D eigenvalue weighted by molar-refractivity contribution is 0.706. The summed E-state index contributed by atoms with van der Waals surface area (Å²) < 4.78 is 0. The van der Waals surface area contributed by atoms with E-state index >= 15 is 0 Å². The highest BCUT2D eigenvalue weighted by Crippen LogP contribution is 2.21. The Morgan fingerprint density at radius 1 is 0.810 bits per heavy atom. The fourth-order valence-electron chi connectivity index (χ4n) is 2.55. The summed E-state index contributed by atoms with van der Waals surface area (Å²) in [5.41, 5.74) is 4.08. The number of anilines is 1. The van der Waals surface area contributed by atoms with Gasteiger partial charge in [0, 0.05) is 12.2 Å². The summed E-state index contributed by atoms with van der Waals surface area (Å²) in [4.78, 5) is 0. The van der Waals surface area contributed by atoms with Gasteiger partial charge < -0.3 is 5.32 Å². The minimum Gasteiger partial charge on any atom is -0.385 e. The zero-order valence-electron chi connectivity index (χ0n) is 13.5. The van der Waals surface area contributed by atoms with Crippen LogP contribution in [0.4, 0.5) is 5.69 Å². The van der Waals surface area contributed by atoms with Crippen molar-refractivity contribution in [1.82, 2.24) is 0 Å². The smallest absolute Gasteiger partial charge is 0.0340 e. The second-order valence-electron chi connectivity index (χ2n) is 5.96. The molecule has 2 atom stereocenters. The lowest BCUT2D eigenvalue weighted by atomic mass is 9.97. The van der Waals surface area contributed by atoms with E-state index in [1.54, 1.807) is 0 Å². The molecule has 2 unspecified atom stereocenters. The first-order valence-corrected chi connectivity index (χ1v) is 8.09. The summed E-state index contributed by atoms with van der Waals surface area (Å²) in [5.74, 6) is 1.25. The van der Waals surface area contributed by atoms with Gasteiger partial charge in [0.15, 0.2) is 0 Å². The van der Waals surface area contributed by atoms with Crippen molar-refractivity contribution in [2.24, 2.45) is 0 Å². The molecule has 0 saturated heterocycles. The molecule has 0 saturated carbocycles. The lowest BCUT2D eigenvalue weighted by Gasteiger charge is -2.14. The first-order chi connectivity index (χ1) is 10.2. The van der Waals surface area contributed by atoms with Crippen LogP contribution in [-0.2, 0) is 0 Å². The molecule has 0 aliphatic rings. The van der Waals surface area contributed by atoms with Gasteiger partial charge in [-0.2, -0.15) is 0 Å². The van der Waals surface area contributed by atoms with Gasteiger partial charge in [-0.25, -0.2) is 0 Å². The van der Waals surface area contributed by atoms with Crippen LogP contribution in [-0.4, -0.2) is 6.54 Å². The molecule has 0 radical (unpaired) electrons. The topological polar surface area (TPSA) is 12.0 Å². The highest BCUT2D eigenvalue weighted by Gasteiger charge is 2.05. The molecular formula is C20H27N. The van der Waals surface area contributed by atoms with Crippen LogP contribution >= 0.6 is 0 Å². The first-order valence-electron chi connectivity index (χ1n) is 8.09. The number of benzene rings is 2. The van der Waals surface area contributed by atoms with Crippen LogP contribution in [0.3, 0.4) is 0 Å². The summed E-state index contributed by atoms with van der Waals surface area (Å²) in [7, 11) is 0. The van der Waals surface area contributed by atoms with Gasteiger partial charge in [-0.1, -0.05) is 63.2 Å². The van der Waals surface area contributed by atoms with E-state index in [0.717, 1.165) is 13.0 Å². The Kier molecular flexibility index (Phi) is 5.86. The Morgan fingerprint density at radius 2 is 1.43 bits per heavy atom. The van der Waals surface area contributed by atoms with Gasteiger partial charge in [-0.3, -0.25) is 0 Å². The van der Waals surface area contributed by atoms with Gasteiger partial charge in [0.25, 0.3) is 0 Å². The van der Waals surface area contributed by atoms with Crippen molar-refractivity contribution in [2.75, 3.05) is 11.9 Å². The monoisotopic (exact) mass is 281 g/mol.